The van der Waals surface area contributed by atoms with Crippen LogP contribution in [0.2, 0.25) is 0 Å². The molecular formula is C21H26N10O9P2. The number of nitrogens with two attached hydrogens (primary N) is 2. The van der Waals surface area contributed by atoms with E-state index in [0.717, 1.165) is 5.82 Å². The highest BCUT2D eigenvalue weighted by atomic mass is 31.2. The molecule has 2 unspecified atom stereocenters. The van der Waals surface area contributed by atoms with Gasteiger partial charge in [-0.3, -0.25) is 22.8 Å². The first kappa shape index (κ1) is 28.7. The molecule has 19 nitrogen and oxygen atoms in total. The molecule has 0 bridgehead atoms. The Labute approximate surface area is 236 Å². The normalized spacial score (nSPS) is 28.6. The molecule has 0 radical (unpaired) electrons. The van der Waals surface area contributed by atoms with Crippen molar-refractivity contribution in [1.82, 2.24) is 39.0 Å². The van der Waals surface area contributed by atoms with Crippen LogP contribution in [0.25, 0.3) is 22.3 Å². The Hall–Kier alpha value is -3.38. The summed E-state index contributed by atoms with van der Waals surface area (Å²) in [7, 11) is -7.84. The molecule has 2 saturated heterocycles. The average Bonchev–Trinajstić information content (AvgIpc) is 3.72. The monoisotopic (exact) mass is 624 g/mol. The fourth-order valence-corrected chi connectivity index (χ4v) is 6.54. The van der Waals surface area contributed by atoms with Gasteiger partial charge in [0.1, 0.15) is 60.6 Å². The van der Waals surface area contributed by atoms with E-state index in [1.54, 1.807) is 9.13 Å². The number of fused-ring (bicyclic) bond motifs is 2. The molecule has 224 valence electrons. The highest BCUT2D eigenvalue weighted by Gasteiger charge is 2.42. The molecular weight excluding hydrogens is 598 g/mol. The maximum Gasteiger partial charge on any atom is 0.351 e. The highest BCUT2D eigenvalue weighted by molar-refractivity contribution is 7.56. The van der Waals surface area contributed by atoms with Crippen molar-refractivity contribution >= 4 is 49.8 Å². The van der Waals surface area contributed by atoms with Crippen LogP contribution in [-0.2, 0) is 27.7 Å². The molecule has 4 aromatic rings. The lowest BCUT2D eigenvalue weighted by molar-refractivity contribution is -0.0400. The van der Waals surface area contributed by atoms with Crippen molar-refractivity contribution in [2.75, 3.05) is 18.1 Å². The molecule has 0 aliphatic carbocycles. The van der Waals surface area contributed by atoms with Gasteiger partial charge in [0.05, 0.1) is 19.3 Å². The first-order valence-electron chi connectivity index (χ1n) is 12.5. The van der Waals surface area contributed by atoms with Crippen molar-refractivity contribution in [2.45, 2.75) is 49.7 Å². The summed E-state index contributed by atoms with van der Waals surface area (Å²) in [4.78, 5) is 44.6. The van der Waals surface area contributed by atoms with Gasteiger partial charge >= 0.3 is 15.9 Å². The minimum atomic E-state index is -4.46. The minimum Gasteiger partial charge on any atom is -0.394 e. The van der Waals surface area contributed by atoms with Gasteiger partial charge in [-0.15, -0.1) is 0 Å². The SMILES string of the molecule is Nc1ncnc2c1ncn2[C@H]1C[C@H](O[PH](=O)O)[C@@H](/C=C/P(=O)(O)O[C@H]2C[C@H](n3cnc4c(N)ncnc43)O[C@@H]2CO)O1. The predicted molar refractivity (Wildman–Crippen MR) is 144 cm³/mol. The topological polar surface area (TPSA) is 271 Å². The van der Waals surface area contributed by atoms with Gasteiger partial charge in [-0.1, -0.05) is 0 Å². The van der Waals surface area contributed by atoms with Crippen LogP contribution >= 0.6 is 15.9 Å². The molecule has 21 heteroatoms. The van der Waals surface area contributed by atoms with Crippen LogP contribution in [0.15, 0.2) is 37.2 Å². The fraction of sp³-hybridized carbons (Fsp3) is 0.429. The van der Waals surface area contributed by atoms with E-state index in [0.29, 0.717) is 22.3 Å². The Balaban J connectivity index is 1.18. The maximum absolute atomic E-state index is 13.1. The van der Waals surface area contributed by atoms with Crippen LogP contribution in [0.5, 0.6) is 0 Å². The molecule has 4 aromatic heterocycles. The molecule has 0 amide bonds. The standard InChI is InChI=1S/C21H26N10O9P2/c22-18-16-20(26-6-24-18)30(8-28-16)14-3-11(39-41(33)34)10(37-14)1-2-42(35,36)40-12-4-15(38-13(12)5-32)31-9-29-17-19(23)25-7-27-21(17)31/h1-2,6-15,32,41H,3-5H2,(H,33,34)(H,35,36)(H2,22,24,26)(H2,23,25,27)/b2-1+/t10-,11+,12+,13-,14-,15-/m1/s1. The second kappa shape index (κ2) is 11.4. The van der Waals surface area contributed by atoms with Crippen molar-refractivity contribution < 1.29 is 42.5 Å². The van der Waals surface area contributed by atoms with Crippen molar-refractivity contribution in [3.8, 4) is 0 Å². The first-order chi connectivity index (χ1) is 20.1. The Kier molecular flexibility index (Phi) is 7.77. The number of imidazole rings is 2. The maximum atomic E-state index is 13.1. The van der Waals surface area contributed by atoms with Crippen LogP contribution in [0.1, 0.15) is 25.3 Å². The van der Waals surface area contributed by atoms with Crippen molar-refractivity contribution in [2.24, 2.45) is 0 Å². The molecule has 6 heterocycles. The molecule has 0 aromatic carbocycles. The zero-order valence-corrected chi connectivity index (χ0v) is 23.4. The second-order valence-corrected chi connectivity index (χ2v) is 11.9. The van der Waals surface area contributed by atoms with E-state index in [4.69, 9.17) is 30.0 Å². The zero-order chi connectivity index (χ0) is 29.6. The van der Waals surface area contributed by atoms with Gasteiger partial charge in [0.25, 0.3) is 0 Å². The number of anilines is 2. The van der Waals surface area contributed by atoms with Crippen molar-refractivity contribution in [1.29, 1.82) is 0 Å². The van der Waals surface area contributed by atoms with Gasteiger partial charge in [-0.25, -0.2) is 29.9 Å². The van der Waals surface area contributed by atoms with E-state index in [1.807, 2.05) is 0 Å². The number of hydrogen-bond acceptors (Lipinski definition) is 15. The molecule has 8 atom stereocenters. The molecule has 2 aliphatic heterocycles. The molecule has 42 heavy (non-hydrogen) atoms. The van der Waals surface area contributed by atoms with Gasteiger partial charge in [0, 0.05) is 18.7 Å². The fourth-order valence-electron chi connectivity index (χ4n) is 4.98. The number of aliphatic hydroxyl groups is 1. The average molecular weight is 624 g/mol. The first-order valence-corrected chi connectivity index (χ1v) is 15.4. The summed E-state index contributed by atoms with van der Waals surface area (Å²) in [5, 5.41) is 9.86. The molecule has 0 spiro atoms. The van der Waals surface area contributed by atoms with E-state index < -0.39 is 59.3 Å². The van der Waals surface area contributed by atoms with Gasteiger partial charge in [0.2, 0.25) is 0 Å². The lowest BCUT2D eigenvalue weighted by Crippen LogP contribution is -2.27. The van der Waals surface area contributed by atoms with Crippen LogP contribution in [0.3, 0.4) is 0 Å². The number of hydrogen-bond donors (Lipinski definition) is 5. The number of aromatic nitrogens is 8. The number of rotatable bonds is 9. The van der Waals surface area contributed by atoms with Crippen LogP contribution in [0.4, 0.5) is 11.6 Å². The largest absolute Gasteiger partial charge is 0.394 e. The molecule has 7 N–H and O–H groups in total. The van der Waals surface area contributed by atoms with E-state index in [9.17, 15) is 24.0 Å². The summed E-state index contributed by atoms with van der Waals surface area (Å²) in [6.07, 6.45) is 1.44. The van der Waals surface area contributed by atoms with Gasteiger partial charge in [-0.05, 0) is 6.08 Å². The third kappa shape index (κ3) is 5.54. The lowest BCUT2D eigenvalue weighted by Gasteiger charge is -2.19. The van der Waals surface area contributed by atoms with Crippen LogP contribution in [0, 0.1) is 0 Å². The second-order valence-electron chi connectivity index (χ2n) is 9.48. The number of nitrogen functional groups attached to an aromatic ring is 2. The Morgan fingerprint density at radius 2 is 1.55 bits per heavy atom. The molecule has 2 fully saturated rings. The smallest absolute Gasteiger partial charge is 0.351 e. The van der Waals surface area contributed by atoms with Gasteiger partial charge < -0.3 is 40.4 Å². The van der Waals surface area contributed by atoms with Gasteiger partial charge in [-0.2, -0.15) is 0 Å². The van der Waals surface area contributed by atoms with E-state index in [2.05, 4.69) is 29.9 Å². The quantitative estimate of drug-likeness (QED) is 0.156. The summed E-state index contributed by atoms with van der Waals surface area (Å²) in [6, 6.07) is 0. The summed E-state index contributed by atoms with van der Waals surface area (Å²) >= 11 is 0. The third-order valence-electron chi connectivity index (χ3n) is 6.87. The Bertz CT molecular complexity index is 1720. The number of nitrogens with zero attached hydrogens (tertiary/aromatic N) is 8. The predicted octanol–water partition coefficient (Wildman–Crippen LogP) is 0.249. The Morgan fingerprint density at radius 3 is 2.12 bits per heavy atom. The van der Waals surface area contributed by atoms with E-state index in [1.165, 1.54) is 31.4 Å². The van der Waals surface area contributed by atoms with E-state index in [-0.39, 0.29) is 24.5 Å². The third-order valence-corrected chi connectivity index (χ3v) is 8.50. The lowest BCUT2D eigenvalue weighted by atomic mass is 10.2. The summed E-state index contributed by atoms with van der Waals surface area (Å²) in [6.45, 7) is -0.490. The van der Waals surface area contributed by atoms with Crippen molar-refractivity contribution in [3.63, 3.8) is 0 Å². The molecule has 0 saturated carbocycles. The summed E-state index contributed by atoms with van der Waals surface area (Å²) in [5.74, 6) is 1.24. The Morgan fingerprint density at radius 1 is 0.976 bits per heavy atom. The van der Waals surface area contributed by atoms with Gasteiger partial charge in [0.15, 0.2) is 22.9 Å². The van der Waals surface area contributed by atoms with Crippen LogP contribution in [-0.4, -0.2) is 85.0 Å². The zero-order valence-electron chi connectivity index (χ0n) is 21.5. The van der Waals surface area contributed by atoms with Crippen LogP contribution < -0.4 is 11.5 Å². The summed E-state index contributed by atoms with van der Waals surface area (Å²) < 4.78 is 50.3. The molecule has 6 rings (SSSR count). The number of aliphatic hydroxyl groups excluding tert-OH is 1. The highest BCUT2D eigenvalue weighted by Crippen LogP contribution is 2.49. The minimum absolute atomic E-state index is 0.0812. The number of ether oxygens (including phenoxy) is 2. The summed E-state index contributed by atoms with van der Waals surface area (Å²) in [5.41, 5.74) is 13.2. The van der Waals surface area contributed by atoms with Crippen molar-refractivity contribution in [3.05, 3.63) is 37.2 Å². The molecule has 2 aliphatic rings. The van der Waals surface area contributed by atoms with E-state index >= 15 is 0 Å².